The lowest BCUT2D eigenvalue weighted by Crippen LogP contribution is -2.28. The predicted octanol–water partition coefficient (Wildman–Crippen LogP) is 1.80. The molecule has 0 aliphatic heterocycles. The zero-order valence-electron chi connectivity index (χ0n) is 14.4. The van der Waals surface area contributed by atoms with Gasteiger partial charge in [-0.15, -0.1) is 0 Å². The fourth-order valence-corrected chi connectivity index (χ4v) is 2.38. The minimum atomic E-state index is -0.422. The van der Waals surface area contributed by atoms with Crippen LogP contribution in [0.15, 0.2) is 30.6 Å². The van der Waals surface area contributed by atoms with E-state index in [1.165, 1.54) is 6.33 Å². The summed E-state index contributed by atoms with van der Waals surface area (Å²) in [6.07, 6.45) is 1.39. The molecule has 4 N–H and O–H groups in total. The molecule has 0 bridgehead atoms. The van der Waals surface area contributed by atoms with Gasteiger partial charge < -0.3 is 25.8 Å². The maximum Gasteiger partial charge on any atom is 0.340 e. The fraction of sp³-hybridized carbons (Fsp3) is 0.353. The molecule has 1 aromatic carbocycles. The highest BCUT2D eigenvalue weighted by Crippen LogP contribution is 2.29. The number of benzene rings is 1. The van der Waals surface area contributed by atoms with E-state index >= 15 is 0 Å². The first-order valence-electron chi connectivity index (χ1n) is 8.11. The van der Waals surface area contributed by atoms with Crippen LogP contribution in [0, 0.1) is 0 Å². The number of hydrogen-bond acceptors (Lipinski definition) is 8. The Morgan fingerprint density at radius 1 is 1.32 bits per heavy atom. The number of para-hydroxylation sites is 1. The Morgan fingerprint density at radius 2 is 2.08 bits per heavy atom. The number of ether oxygens (including phenoxy) is 1. The maximum absolute atomic E-state index is 12.1. The Bertz CT molecular complexity index is 723. The molecule has 0 radical (unpaired) electrons. The molecule has 0 spiro atoms. The van der Waals surface area contributed by atoms with Crippen LogP contribution in [0.1, 0.15) is 24.2 Å². The van der Waals surface area contributed by atoms with Gasteiger partial charge >= 0.3 is 5.97 Å². The van der Waals surface area contributed by atoms with E-state index in [9.17, 15) is 9.90 Å². The lowest BCUT2D eigenvalue weighted by Gasteiger charge is -2.23. The third-order valence-electron chi connectivity index (χ3n) is 3.59. The molecule has 2 rings (SSSR count). The molecule has 0 aliphatic rings. The van der Waals surface area contributed by atoms with E-state index in [4.69, 9.17) is 10.5 Å². The summed E-state index contributed by atoms with van der Waals surface area (Å²) in [5, 5.41) is 12.3. The van der Waals surface area contributed by atoms with E-state index in [-0.39, 0.29) is 6.61 Å². The molecule has 0 saturated heterocycles. The quantitative estimate of drug-likeness (QED) is 0.621. The van der Waals surface area contributed by atoms with Crippen molar-refractivity contribution in [1.82, 2.24) is 9.97 Å². The van der Waals surface area contributed by atoms with Gasteiger partial charge in [0.1, 0.15) is 12.0 Å². The summed E-state index contributed by atoms with van der Waals surface area (Å²) < 4.78 is 5.07. The Morgan fingerprint density at radius 3 is 2.76 bits per heavy atom. The number of likely N-dealkylation sites (N-methyl/N-ethyl adjacent to an activating group) is 1. The van der Waals surface area contributed by atoms with Gasteiger partial charge in [0.2, 0.25) is 0 Å². The molecule has 8 nitrogen and oxygen atoms in total. The zero-order valence-corrected chi connectivity index (χ0v) is 14.4. The van der Waals surface area contributed by atoms with Crippen molar-refractivity contribution < 1.29 is 14.6 Å². The van der Waals surface area contributed by atoms with Crippen molar-refractivity contribution in [2.45, 2.75) is 13.8 Å². The number of nitrogens with one attached hydrogen (secondary N) is 1. The summed E-state index contributed by atoms with van der Waals surface area (Å²) in [6, 6.07) is 6.97. The minimum Gasteiger partial charge on any atom is -0.462 e. The van der Waals surface area contributed by atoms with Gasteiger partial charge in [0, 0.05) is 13.1 Å². The number of nitrogens with two attached hydrogens (primary N) is 1. The first-order valence-corrected chi connectivity index (χ1v) is 8.11. The Balaban J connectivity index is 2.34. The van der Waals surface area contributed by atoms with Crippen LogP contribution in [0.5, 0.6) is 0 Å². The van der Waals surface area contributed by atoms with Crippen molar-refractivity contribution in [1.29, 1.82) is 0 Å². The van der Waals surface area contributed by atoms with E-state index in [0.29, 0.717) is 48.3 Å². The molecule has 2 aromatic rings. The first kappa shape index (κ1) is 18.5. The van der Waals surface area contributed by atoms with Gasteiger partial charge in [0.25, 0.3) is 0 Å². The summed E-state index contributed by atoms with van der Waals surface area (Å²) >= 11 is 0. The molecule has 0 aliphatic carbocycles. The van der Waals surface area contributed by atoms with Crippen molar-refractivity contribution in [2.75, 3.05) is 42.3 Å². The third kappa shape index (κ3) is 4.36. The normalized spacial score (nSPS) is 10.4. The second-order valence-electron chi connectivity index (χ2n) is 5.15. The second-order valence-corrected chi connectivity index (χ2v) is 5.15. The van der Waals surface area contributed by atoms with Gasteiger partial charge in [0.15, 0.2) is 11.6 Å². The van der Waals surface area contributed by atoms with Crippen LogP contribution in [0.2, 0.25) is 0 Å². The summed E-state index contributed by atoms with van der Waals surface area (Å²) in [4.78, 5) is 22.3. The molecule has 0 fully saturated rings. The molecular weight excluding hydrogens is 322 g/mol. The van der Waals surface area contributed by atoms with E-state index in [1.807, 2.05) is 11.8 Å². The third-order valence-corrected chi connectivity index (χ3v) is 3.59. The monoisotopic (exact) mass is 345 g/mol. The Hall–Kier alpha value is -2.87. The van der Waals surface area contributed by atoms with Crippen LogP contribution < -0.4 is 16.0 Å². The standard InChI is InChI=1S/C17H23N5O3/c1-3-22(9-10-23)16-14(18)15(19-11-20-16)21-13-8-6-5-7-12(13)17(24)25-4-2/h5-8,11,23H,3-4,9-10,18H2,1-2H3,(H,19,20,21). The van der Waals surface area contributed by atoms with Gasteiger partial charge in [0.05, 0.1) is 24.5 Å². The number of aromatic nitrogens is 2. The summed E-state index contributed by atoms with van der Waals surface area (Å²) in [5.74, 6) is 0.495. The van der Waals surface area contributed by atoms with E-state index in [2.05, 4.69) is 15.3 Å². The summed E-state index contributed by atoms with van der Waals surface area (Å²) in [6.45, 7) is 5.03. The van der Waals surface area contributed by atoms with Crippen molar-refractivity contribution >= 4 is 29.0 Å². The molecule has 134 valence electrons. The van der Waals surface area contributed by atoms with Gasteiger partial charge in [-0.3, -0.25) is 0 Å². The van der Waals surface area contributed by atoms with Crippen LogP contribution >= 0.6 is 0 Å². The first-order chi connectivity index (χ1) is 12.1. The molecule has 1 aromatic heterocycles. The molecule has 8 heteroatoms. The highest BCUT2D eigenvalue weighted by atomic mass is 16.5. The SMILES string of the molecule is CCOC(=O)c1ccccc1Nc1ncnc(N(CC)CCO)c1N. The maximum atomic E-state index is 12.1. The predicted molar refractivity (Wildman–Crippen MR) is 97.1 cm³/mol. The van der Waals surface area contributed by atoms with E-state index in [0.717, 1.165) is 0 Å². The lowest BCUT2D eigenvalue weighted by molar-refractivity contribution is 0.0527. The number of hydrogen-bond donors (Lipinski definition) is 3. The van der Waals surface area contributed by atoms with Crippen LogP contribution in [-0.2, 0) is 4.74 Å². The lowest BCUT2D eigenvalue weighted by atomic mass is 10.2. The molecular formula is C17H23N5O3. The van der Waals surface area contributed by atoms with E-state index < -0.39 is 5.97 Å². The molecule has 0 unspecified atom stereocenters. The average molecular weight is 345 g/mol. The van der Waals surface area contributed by atoms with Crippen LogP contribution in [0.3, 0.4) is 0 Å². The van der Waals surface area contributed by atoms with E-state index in [1.54, 1.807) is 31.2 Å². The number of esters is 1. The van der Waals surface area contributed by atoms with Gasteiger partial charge in [-0.2, -0.15) is 0 Å². The summed E-state index contributed by atoms with van der Waals surface area (Å²) in [5.41, 5.74) is 7.48. The van der Waals surface area contributed by atoms with Crippen LogP contribution in [-0.4, -0.2) is 47.3 Å². The molecule has 0 saturated carbocycles. The average Bonchev–Trinajstić information content (AvgIpc) is 2.62. The Kier molecular flexibility index (Phi) is 6.53. The number of nitrogen functional groups attached to an aromatic ring is 1. The number of carbonyl (C=O) groups excluding carboxylic acids is 1. The fourth-order valence-electron chi connectivity index (χ4n) is 2.38. The summed E-state index contributed by atoms with van der Waals surface area (Å²) in [7, 11) is 0. The van der Waals surface area contributed by atoms with Crippen LogP contribution in [0.25, 0.3) is 0 Å². The van der Waals surface area contributed by atoms with Crippen molar-refractivity contribution in [2.24, 2.45) is 0 Å². The smallest absolute Gasteiger partial charge is 0.340 e. The topological polar surface area (TPSA) is 114 Å². The number of rotatable bonds is 8. The largest absolute Gasteiger partial charge is 0.462 e. The van der Waals surface area contributed by atoms with Crippen LogP contribution in [0.4, 0.5) is 23.0 Å². The minimum absolute atomic E-state index is 0.00820. The Labute approximate surface area is 146 Å². The van der Waals surface area contributed by atoms with Gasteiger partial charge in [-0.1, -0.05) is 12.1 Å². The van der Waals surface area contributed by atoms with Crippen molar-refractivity contribution in [3.63, 3.8) is 0 Å². The van der Waals surface area contributed by atoms with Crippen molar-refractivity contribution in [3.05, 3.63) is 36.2 Å². The molecule has 1 heterocycles. The second kappa shape index (κ2) is 8.84. The molecule has 0 amide bonds. The number of aliphatic hydroxyl groups is 1. The highest BCUT2D eigenvalue weighted by molar-refractivity contribution is 5.97. The number of anilines is 4. The van der Waals surface area contributed by atoms with Crippen molar-refractivity contribution in [3.8, 4) is 0 Å². The molecule has 25 heavy (non-hydrogen) atoms. The zero-order chi connectivity index (χ0) is 18.2. The highest BCUT2D eigenvalue weighted by Gasteiger charge is 2.17. The number of nitrogens with zero attached hydrogens (tertiary/aromatic N) is 3. The number of aliphatic hydroxyl groups excluding tert-OH is 1. The van der Waals surface area contributed by atoms with Gasteiger partial charge in [-0.25, -0.2) is 14.8 Å². The van der Waals surface area contributed by atoms with Gasteiger partial charge in [-0.05, 0) is 26.0 Å². The number of carbonyl (C=O) groups is 1. The molecule has 0 atom stereocenters.